The summed E-state index contributed by atoms with van der Waals surface area (Å²) in [5.74, 6) is -0.390. The second-order valence-electron chi connectivity index (χ2n) is 8.43. The van der Waals surface area contributed by atoms with Crippen LogP contribution in [-0.4, -0.2) is 50.2 Å². The average molecular weight is 459 g/mol. The summed E-state index contributed by atoms with van der Waals surface area (Å²) in [6.45, 7) is 9.22. The summed E-state index contributed by atoms with van der Waals surface area (Å²) in [7, 11) is 0. The first-order valence-corrected chi connectivity index (χ1v) is 11.2. The molecule has 0 spiro atoms. The second-order valence-corrected chi connectivity index (χ2v) is 8.84. The number of hydrogen-bond acceptors (Lipinski definition) is 5. The van der Waals surface area contributed by atoms with E-state index in [1.165, 1.54) is 0 Å². The van der Waals surface area contributed by atoms with E-state index in [1.807, 2.05) is 45.0 Å². The molecule has 1 fully saturated rings. The zero-order valence-electron chi connectivity index (χ0n) is 18.8. The van der Waals surface area contributed by atoms with E-state index in [4.69, 9.17) is 16.3 Å². The fraction of sp³-hybridized carbons (Fsp3) is 0.417. The van der Waals surface area contributed by atoms with Gasteiger partial charge >= 0.3 is 0 Å². The van der Waals surface area contributed by atoms with E-state index >= 15 is 0 Å². The van der Waals surface area contributed by atoms with Crippen LogP contribution in [0.15, 0.2) is 42.5 Å². The Morgan fingerprint density at radius 1 is 1.06 bits per heavy atom. The van der Waals surface area contributed by atoms with Crippen molar-refractivity contribution in [3.05, 3.63) is 53.1 Å². The van der Waals surface area contributed by atoms with Gasteiger partial charge in [0.25, 0.3) is 5.91 Å². The zero-order chi connectivity index (χ0) is 23.1. The monoisotopic (exact) mass is 458 g/mol. The molecule has 0 radical (unpaired) electrons. The number of rotatable bonds is 8. The molecule has 1 aliphatic rings. The minimum Gasteiger partial charge on any atom is -0.378 e. The summed E-state index contributed by atoms with van der Waals surface area (Å²) in [4.78, 5) is 27.0. The zero-order valence-corrected chi connectivity index (χ0v) is 19.6. The van der Waals surface area contributed by atoms with Crippen LogP contribution in [0.2, 0.25) is 5.02 Å². The van der Waals surface area contributed by atoms with Gasteiger partial charge in [0.05, 0.1) is 30.3 Å². The summed E-state index contributed by atoms with van der Waals surface area (Å²) in [6.07, 6.45) is 0.807. The number of anilines is 3. The minimum atomic E-state index is -0.310. The van der Waals surface area contributed by atoms with E-state index in [0.29, 0.717) is 16.3 Å². The maximum atomic E-state index is 12.5. The van der Waals surface area contributed by atoms with Crippen molar-refractivity contribution in [1.29, 1.82) is 0 Å². The van der Waals surface area contributed by atoms with E-state index in [0.717, 1.165) is 44.1 Å². The van der Waals surface area contributed by atoms with Gasteiger partial charge in [-0.3, -0.25) is 9.59 Å². The predicted molar refractivity (Wildman–Crippen MR) is 130 cm³/mol. The number of benzene rings is 2. The fourth-order valence-electron chi connectivity index (χ4n) is 3.24. The van der Waals surface area contributed by atoms with Crippen LogP contribution in [0.25, 0.3) is 0 Å². The van der Waals surface area contributed by atoms with E-state index < -0.39 is 0 Å². The molecule has 3 rings (SSSR count). The van der Waals surface area contributed by atoms with E-state index in [2.05, 4.69) is 20.9 Å². The third kappa shape index (κ3) is 6.61. The number of halogens is 1. The highest BCUT2D eigenvalue weighted by Crippen LogP contribution is 2.22. The molecule has 8 heteroatoms. The normalized spacial score (nSPS) is 14.1. The third-order valence-electron chi connectivity index (χ3n) is 5.53. The molecule has 0 bridgehead atoms. The number of carbonyl (C=O) groups excluding carboxylic acids is 2. The molecular formula is C24H31ClN4O3. The van der Waals surface area contributed by atoms with Crippen LogP contribution in [0.3, 0.4) is 0 Å². The molecule has 2 amide bonds. The molecule has 1 aliphatic heterocycles. The van der Waals surface area contributed by atoms with E-state index in [-0.39, 0.29) is 23.9 Å². The first kappa shape index (κ1) is 23.9. The van der Waals surface area contributed by atoms with E-state index in [1.54, 1.807) is 18.2 Å². The van der Waals surface area contributed by atoms with Gasteiger partial charge in [-0.05, 0) is 62.7 Å². The smallest absolute Gasteiger partial charge is 0.253 e. The maximum Gasteiger partial charge on any atom is 0.253 e. The second kappa shape index (κ2) is 10.7. The molecule has 0 atom stereocenters. The van der Waals surface area contributed by atoms with Gasteiger partial charge in [0, 0.05) is 35.7 Å². The molecule has 7 nitrogen and oxygen atoms in total. The molecule has 2 aromatic rings. The number of amides is 2. The van der Waals surface area contributed by atoms with Gasteiger partial charge in [0.2, 0.25) is 5.91 Å². The average Bonchev–Trinajstić information content (AvgIpc) is 2.78. The lowest BCUT2D eigenvalue weighted by molar-refractivity contribution is -0.114. The predicted octanol–water partition coefficient (Wildman–Crippen LogP) is 4.15. The Balaban J connectivity index is 1.51. The Morgan fingerprint density at radius 2 is 1.72 bits per heavy atom. The largest absolute Gasteiger partial charge is 0.378 e. The molecule has 1 heterocycles. The highest BCUT2D eigenvalue weighted by atomic mass is 35.5. The van der Waals surface area contributed by atoms with Crippen LogP contribution in [0.5, 0.6) is 0 Å². The number of morpholine rings is 1. The Morgan fingerprint density at radius 3 is 2.34 bits per heavy atom. The van der Waals surface area contributed by atoms with Crippen molar-refractivity contribution < 1.29 is 14.3 Å². The molecule has 0 saturated carbocycles. The molecule has 172 valence electrons. The lowest BCUT2D eigenvalue weighted by atomic mass is 10.0. The van der Waals surface area contributed by atoms with Gasteiger partial charge in [-0.15, -0.1) is 0 Å². The Hall–Kier alpha value is -2.77. The van der Waals surface area contributed by atoms with Crippen LogP contribution in [0.1, 0.15) is 37.6 Å². The number of nitrogens with zero attached hydrogens (tertiary/aromatic N) is 1. The van der Waals surface area contributed by atoms with Crippen molar-refractivity contribution in [1.82, 2.24) is 5.32 Å². The lowest BCUT2D eigenvalue weighted by Crippen LogP contribution is -2.42. The molecule has 1 saturated heterocycles. The Bertz CT molecular complexity index is 941. The van der Waals surface area contributed by atoms with Crippen molar-refractivity contribution in [2.75, 3.05) is 48.4 Å². The van der Waals surface area contributed by atoms with Crippen molar-refractivity contribution in [3.63, 3.8) is 0 Å². The lowest BCUT2D eigenvalue weighted by Gasteiger charge is -2.28. The summed E-state index contributed by atoms with van der Waals surface area (Å²) >= 11 is 6.31. The number of carbonyl (C=O) groups is 2. The van der Waals surface area contributed by atoms with Gasteiger partial charge in [-0.25, -0.2) is 0 Å². The number of hydrogen-bond donors (Lipinski definition) is 3. The molecule has 0 aliphatic carbocycles. The van der Waals surface area contributed by atoms with Gasteiger partial charge in [-0.2, -0.15) is 0 Å². The fourth-order valence-corrected chi connectivity index (χ4v) is 3.50. The number of nitrogens with one attached hydrogen (secondary N) is 3. The molecule has 2 aromatic carbocycles. The quantitative estimate of drug-likeness (QED) is 0.553. The van der Waals surface area contributed by atoms with Crippen molar-refractivity contribution in [2.24, 2.45) is 0 Å². The van der Waals surface area contributed by atoms with Crippen LogP contribution in [0, 0.1) is 0 Å². The third-order valence-corrected chi connectivity index (χ3v) is 5.84. The number of ether oxygens (including phenoxy) is 1. The molecule has 3 N–H and O–H groups in total. The minimum absolute atomic E-state index is 0.0793. The van der Waals surface area contributed by atoms with Gasteiger partial charge in [-0.1, -0.05) is 18.5 Å². The molecule has 32 heavy (non-hydrogen) atoms. The highest BCUT2D eigenvalue weighted by Gasteiger charge is 2.20. The van der Waals surface area contributed by atoms with Crippen LogP contribution >= 0.6 is 11.6 Å². The van der Waals surface area contributed by atoms with Crippen molar-refractivity contribution in [3.8, 4) is 0 Å². The summed E-state index contributed by atoms with van der Waals surface area (Å²) in [6, 6.07) is 12.8. The summed E-state index contributed by atoms with van der Waals surface area (Å²) < 4.78 is 5.38. The maximum absolute atomic E-state index is 12.5. The van der Waals surface area contributed by atoms with Crippen LogP contribution in [0.4, 0.5) is 17.1 Å². The van der Waals surface area contributed by atoms with E-state index in [9.17, 15) is 9.59 Å². The molecule has 0 unspecified atom stereocenters. The van der Waals surface area contributed by atoms with Gasteiger partial charge < -0.3 is 25.6 Å². The molecular weight excluding hydrogens is 428 g/mol. The van der Waals surface area contributed by atoms with Crippen LogP contribution in [-0.2, 0) is 9.53 Å². The van der Waals surface area contributed by atoms with Gasteiger partial charge in [0.15, 0.2) is 0 Å². The summed E-state index contributed by atoms with van der Waals surface area (Å²) in [5.41, 5.74) is 2.61. The van der Waals surface area contributed by atoms with Gasteiger partial charge in [0.1, 0.15) is 0 Å². The van der Waals surface area contributed by atoms with Crippen molar-refractivity contribution >= 4 is 40.5 Å². The standard InChI is InChI=1S/C24H31ClN4O3/c1-4-24(2,3)28-23(31)20-10-7-18(15-21(20)25)26-16-22(30)27-17-5-8-19(9-6-17)29-11-13-32-14-12-29/h5-10,15,26H,4,11-14,16H2,1-3H3,(H,27,30)(H,28,31). The Kier molecular flexibility index (Phi) is 7.99. The summed E-state index contributed by atoms with van der Waals surface area (Å²) in [5, 5.41) is 9.22. The van der Waals surface area contributed by atoms with Crippen molar-refractivity contribution in [2.45, 2.75) is 32.7 Å². The topological polar surface area (TPSA) is 82.7 Å². The first-order valence-electron chi connectivity index (χ1n) is 10.9. The SMILES string of the molecule is CCC(C)(C)NC(=O)c1ccc(NCC(=O)Nc2ccc(N3CCOCC3)cc2)cc1Cl. The molecule has 0 aromatic heterocycles. The Labute approximate surface area is 194 Å². The first-order chi connectivity index (χ1) is 15.3. The highest BCUT2D eigenvalue weighted by molar-refractivity contribution is 6.34. The van der Waals surface area contributed by atoms with Crippen LogP contribution < -0.4 is 20.9 Å².